The number of methoxy groups -OCH3 is 1. The number of aliphatic hydroxyl groups excluding tert-OH is 1. The molecule has 0 spiro atoms. The Hall–Kier alpha value is -2.73. The fourth-order valence-corrected chi connectivity index (χ4v) is 3.46. The zero-order chi connectivity index (χ0) is 20.6. The standard InChI is InChI=1S/C22H26O6/c1-11(2)8-16(23)14-6-7-18-19(21(14)26-5)22(25)27-10-15-13(4)12(3)9-17(24)20(15)28-18/h6-7,9,11,16,23-24H,8,10H2,1-5H3/t16-/m0/s1. The van der Waals surface area contributed by atoms with E-state index in [0.29, 0.717) is 17.5 Å². The molecular formula is C22H26O6. The number of phenolic OH excluding ortho intramolecular Hbond substituents is 1. The van der Waals surface area contributed by atoms with Gasteiger partial charge in [-0.05, 0) is 55.5 Å². The maximum absolute atomic E-state index is 12.8. The normalized spacial score (nSPS) is 14.3. The molecule has 0 amide bonds. The van der Waals surface area contributed by atoms with Gasteiger partial charge in [-0.2, -0.15) is 0 Å². The molecule has 6 heteroatoms. The first-order chi connectivity index (χ1) is 13.2. The van der Waals surface area contributed by atoms with Crippen LogP contribution in [0, 0.1) is 19.8 Å². The number of hydrogen-bond acceptors (Lipinski definition) is 6. The van der Waals surface area contributed by atoms with Crippen molar-refractivity contribution in [2.24, 2.45) is 5.92 Å². The van der Waals surface area contributed by atoms with Crippen LogP contribution < -0.4 is 9.47 Å². The van der Waals surface area contributed by atoms with Crippen LogP contribution in [0.2, 0.25) is 0 Å². The highest BCUT2D eigenvalue weighted by atomic mass is 16.5. The van der Waals surface area contributed by atoms with E-state index in [-0.39, 0.29) is 41.1 Å². The number of esters is 1. The molecule has 0 unspecified atom stereocenters. The molecule has 0 fully saturated rings. The maximum atomic E-state index is 12.8. The minimum atomic E-state index is -0.788. The quantitative estimate of drug-likeness (QED) is 0.750. The first-order valence-corrected chi connectivity index (χ1v) is 9.30. The third-order valence-corrected chi connectivity index (χ3v) is 5.08. The molecule has 0 bridgehead atoms. The zero-order valence-corrected chi connectivity index (χ0v) is 16.8. The van der Waals surface area contributed by atoms with Crippen LogP contribution in [0.4, 0.5) is 0 Å². The van der Waals surface area contributed by atoms with Crippen molar-refractivity contribution in [3.05, 3.63) is 46.0 Å². The molecule has 0 aliphatic carbocycles. The Balaban J connectivity index is 2.16. The summed E-state index contributed by atoms with van der Waals surface area (Å²) in [5.74, 6) is 0.333. The molecule has 0 saturated carbocycles. The van der Waals surface area contributed by atoms with Gasteiger partial charge >= 0.3 is 5.97 Å². The Labute approximate surface area is 164 Å². The Morgan fingerprint density at radius 2 is 1.96 bits per heavy atom. The Morgan fingerprint density at radius 1 is 1.25 bits per heavy atom. The summed E-state index contributed by atoms with van der Waals surface area (Å²) in [6, 6.07) is 4.90. The lowest BCUT2D eigenvalue weighted by molar-refractivity contribution is 0.0453. The molecule has 28 heavy (non-hydrogen) atoms. The molecule has 1 atom stereocenters. The van der Waals surface area contributed by atoms with E-state index in [2.05, 4.69) is 0 Å². The van der Waals surface area contributed by atoms with Crippen LogP contribution in [0.3, 0.4) is 0 Å². The second-order valence-electron chi connectivity index (χ2n) is 7.53. The van der Waals surface area contributed by atoms with E-state index < -0.39 is 12.1 Å². The molecule has 6 nitrogen and oxygen atoms in total. The molecule has 3 rings (SSSR count). The summed E-state index contributed by atoms with van der Waals surface area (Å²) in [5.41, 5.74) is 2.99. The number of carbonyl (C=O) groups excluding carboxylic acids is 1. The lowest BCUT2D eigenvalue weighted by atomic mass is 9.96. The monoisotopic (exact) mass is 386 g/mol. The van der Waals surface area contributed by atoms with Crippen LogP contribution in [0.25, 0.3) is 0 Å². The van der Waals surface area contributed by atoms with Gasteiger partial charge in [0.05, 0.1) is 13.2 Å². The second kappa shape index (κ2) is 7.72. The number of phenols is 1. The number of cyclic esters (lactones) is 1. The molecule has 0 radical (unpaired) electrons. The fourth-order valence-electron chi connectivity index (χ4n) is 3.46. The average Bonchev–Trinajstić information content (AvgIpc) is 2.62. The van der Waals surface area contributed by atoms with Gasteiger partial charge in [0.1, 0.15) is 23.7 Å². The van der Waals surface area contributed by atoms with Crippen LogP contribution in [0.5, 0.6) is 23.0 Å². The summed E-state index contributed by atoms with van der Waals surface area (Å²) in [6.45, 7) is 7.74. The molecular weight excluding hydrogens is 360 g/mol. The molecule has 150 valence electrons. The maximum Gasteiger partial charge on any atom is 0.346 e. The van der Waals surface area contributed by atoms with Crippen molar-refractivity contribution in [3.8, 4) is 23.0 Å². The number of aryl methyl sites for hydroxylation is 1. The fraction of sp³-hybridized carbons (Fsp3) is 0.409. The number of carbonyl (C=O) groups is 1. The summed E-state index contributed by atoms with van der Waals surface area (Å²) >= 11 is 0. The van der Waals surface area contributed by atoms with Crippen molar-refractivity contribution in [2.45, 2.75) is 46.8 Å². The third kappa shape index (κ3) is 3.52. The average molecular weight is 386 g/mol. The minimum Gasteiger partial charge on any atom is -0.504 e. The van der Waals surface area contributed by atoms with Crippen LogP contribution in [0.15, 0.2) is 18.2 Å². The van der Waals surface area contributed by atoms with Gasteiger partial charge in [-0.1, -0.05) is 13.8 Å². The molecule has 2 aromatic rings. The highest BCUT2D eigenvalue weighted by molar-refractivity contribution is 5.96. The molecule has 2 N–H and O–H groups in total. The minimum absolute atomic E-state index is 0.0233. The van der Waals surface area contributed by atoms with E-state index in [4.69, 9.17) is 14.2 Å². The number of fused-ring (bicyclic) bond motifs is 2. The molecule has 1 aliphatic heterocycles. The lowest BCUT2D eigenvalue weighted by Crippen LogP contribution is -2.15. The molecule has 0 saturated heterocycles. The molecule has 1 aliphatic rings. The predicted octanol–water partition coefficient (Wildman–Crippen LogP) is 4.56. The van der Waals surface area contributed by atoms with Gasteiger partial charge in [0, 0.05) is 11.1 Å². The first-order valence-electron chi connectivity index (χ1n) is 9.30. The van der Waals surface area contributed by atoms with Crippen molar-refractivity contribution >= 4 is 5.97 Å². The van der Waals surface area contributed by atoms with Gasteiger partial charge in [0.15, 0.2) is 11.5 Å². The SMILES string of the molecule is COc1c([C@@H](O)CC(C)C)ccc2c1C(=O)OCc1c(C)c(C)cc(O)c1O2. The van der Waals surface area contributed by atoms with E-state index in [0.717, 1.165) is 11.1 Å². The number of aliphatic hydroxyl groups is 1. The Kier molecular flexibility index (Phi) is 5.52. The van der Waals surface area contributed by atoms with Crippen molar-refractivity contribution in [3.63, 3.8) is 0 Å². The molecule has 2 aromatic carbocycles. The summed E-state index contributed by atoms with van der Waals surface area (Å²) in [5, 5.41) is 21.0. The van der Waals surface area contributed by atoms with Gasteiger partial charge in [0.2, 0.25) is 0 Å². The number of aromatic hydroxyl groups is 1. The summed E-state index contributed by atoms with van der Waals surface area (Å²) in [4.78, 5) is 12.8. The van der Waals surface area contributed by atoms with Crippen LogP contribution >= 0.6 is 0 Å². The first kappa shape index (κ1) is 20.0. The van der Waals surface area contributed by atoms with Crippen molar-refractivity contribution in [2.75, 3.05) is 7.11 Å². The molecule has 1 heterocycles. The third-order valence-electron chi connectivity index (χ3n) is 5.08. The van der Waals surface area contributed by atoms with Gasteiger partial charge in [-0.25, -0.2) is 4.79 Å². The van der Waals surface area contributed by atoms with E-state index >= 15 is 0 Å². The topological polar surface area (TPSA) is 85.2 Å². The highest BCUT2D eigenvalue weighted by Gasteiger charge is 2.30. The lowest BCUT2D eigenvalue weighted by Gasteiger charge is -2.24. The summed E-state index contributed by atoms with van der Waals surface area (Å²) < 4.78 is 16.9. The van der Waals surface area contributed by atoms with Gasteiger partial charge in [-0.3, -0.25) is 0 Å². The van der Waals surface area contributed by atoms with Crippen molar-refractivity contribution in [1.29, 1.82) is 0 Å². The zero-order valence-electron chi connectivity index (χ0n) is 16.8. The van der Waals surface area contributed by atoms with E-state index in [1.807, 2.05) is 27.7 Å². The van der Waals surface area contributed by atoms with Gasteiger partial charge < -0.3 is 24.4 Å². The Morgan fingerprint density at radius 3 is 2.61 bits per heavy atom. The second-order valence-corrected chi connectivity index (χ2v) is 7.53. The highest BCUT2D eigenvalue weighted by Crippen LogP contribution is 2.45. The number of benzene rings is 2. The van der Waals surface area contributed by atoms with Crippen molar-refractivity contribution in [1.82, 2.24) is 0 Å². The van der Waals surface area contributed by atoms with Crippen molar-refractivity contribution < 1.29 is 29.2 Å². The largest absolute Gasteiger partial charge is 0.504 e. The number of hydrogen-bond donors (Lipinski definition) is 2. The van der Waals surface area contributed by atoms with Crippen LogP contribution in [0.1, 0.15) is 59.0 Å². The summed E-state index contributed by atoms with van der Waals surface area (Å²) in [6.07, 6.45) is -0.267. The predicted molar refractivity (Wildman–Crippen MR) is 104 cm³/mol. The number of ether oxygens (including phenoxy) is 3. The smallest absolute Gasteiger partial charge is 0.346 e. The summed E-state index contributed by atoms with van der Waals surface area (Å²) in [7, 11) is 1.44. The van der Waals surface area contributed by atoms with Gasteiger partial charge in [-0.15, -0.1) is 0 Å². The van der Waals surface area contributed by atoms with E-state index in [9.17, 15) is 15.0 Å². The van der Waals surface area contributed by atoms with E-state index in [1.165, 1.54) is 7.11 Å². The van der Waals surface area contributed by atoms with Crippen LogP contribution in [-0.2, 0) is 11.3 Å². The van der Waals surface area contributed by atoms with E-state index in [1.54, 1.807) is 18.2 Å². The number of rotatable bonds is 4. The Bertz CT molecular complexity index is 916. The van der Waals surface area contributed by atoms with Gasteiger partial charge in [0.25, 0.3) is 0 Å². The van der Waals surface area contributed by atoms with Crippen LogP contribution in [-0.4, -0.2) is 23.3 Å². The molecule has 0 aromatic heterocycles.